The van der Waals surface area contributed by atoms with Crippen LogP contribution in [0.15, 0.2) is 58.2 Å². The number of carbonyl (C=O) groups is 1. The number of halogens is 1. The van der Waals surface area contributed by atoms with Crippen LogP contribution in [0.25, 0.3) is 11.4 Å². The van der Waals surface area contributed by atoms with Crippen molar-refractivity contribution in [3.05, 3.63) is 58.6 Å². The highest BCUT2D eigenvalue weighted by molar-refractivity contribution is 9.10. The van der Waals surface area contributed by atoms with Gasteiger partial charge in [0.1, 0.15) is 0 Å². The first-order chi connectivity index (χ1) is 13.0. The van der Waals surface area contributed by atoms with Crippen molar-refractivity contribution < 1.29 is 4.79 Å². The average Bonchev–Trinajstić information content (AvgIpc) is 3.01. The van der Waals surface area contributed by atoms with Crippen molar-refractivity contribution in [1.29, 1.82) is 0 Å². The smallest absolute Gasteiger partial charge is 0.234 e. The van der Waals surface area contributed by atoms with Crippen LogP contribution in [0.1, 0.15) is 25.3 Å². The van der Waals surface area contributed by atoms with Crippen molar-refractivity contribution in [3.63, 3.8) is 0 Å². The van der Waals surface area contributed by atoms with Gasteiger partial charge in [0.05, 0.1) is 5.75 Å². The van der Waals surface area contributed by atoms with E-state index in [-0.39, 0.29) is 11.7 Å². The van der Waals surface area contributed by atoms with Gasteiger partial charge in [-0.2, -0.15) is 0 Å². The summed E-state index contributed by atoms with van der Waals surface area (Å²) in [6, 6.07) is 15.8. The van der Waals surface area contributed by atoms with E-state index in [1.54, 1.807) is 0 Å². The molecule has 140 valence electrons. The summed E-state index contributed by atoms with van der Waals surface area (Å²) < 4.78 is 2.92. The molecule has 3 aromatic rings. The molecular weight excluding hydrogens is 424 g/mol. The summed E-state index contributed by atoms with van der Waals surface area (Å²) in [7, 11) is 1.91. The predicted molar refractivity (Wildman–Crippen MR) is 114 cm³/mol. The second-order valence-electron chi connectivity index (χ2n) is 6.45. The monoisotopic (exact) mass is 444 g/mol. The molecule has 0 radical (unpaired) electrons. The van der Waals surface area contributed by atoms with Crippen LogP contribution in [0.2, 0.25) is 0 Å². The lowest BCUT2D eigenvalue weighted by atomic mass is 10.0. The second kappa shape index (κ2) is 8.71. The fourth-order valence-corrected chi connectivity index (χ4v) is 3.70. The first-order valence-corrected chi connectivity index (χ1v) is 10.4. The van der Waals surface area contributed by atoms with Gasteiger partial charge in [-0.05, 0) is 29.7 Å². The molecule has 0 unspecified atom stereocenters. The van der Waals surface area contributed by atoms with E-state index < -0.39 is 0 Å². The van der Waals surface area contributed by atoms with Gasteiger partial charge in [0, 0.05) is 22.8 Å². The Morgan fingerprint density at radius 3 is 2.56 bits per heavy atom. The van der Waals surface area contributed by atoms with Crippen LogP contribution in [0, 0.1) is 0 Å². The van der Waals surface area contributed by atoms with Crippen LogP contribution >= 0.6 is 27.7 Å². The van der Waals surface area contributed by atoms with Crippen LogP contribution < -0.4 is 5.32 Å². The van der Waals surface area contributed by atoms with Crippen molar-refractivity contribution in [2.75, 3.05) is 11.1 Å². The van der Waals surface area contributed by atoms with E-state index in [1.807, 2.05) is 60.1 Å². The Morgan fingerprint density at radius 2 is 1.85 bits per heavy atom. The molecule has 1 aromatic heterocycles. The lowest BCUT2D eigenvalue weighted by molar-refractivity contribution is -0.113. The number of carbonyl (C=O) groups excluding carboxylic acids is 1. The Kier molecular flexibility index (Phi) is 6.34. The number of nitrogens with one attached hydrogen (secondary N) is 1. The van der Waals surface area contributed by atoms with Gasteiger partial charge in [-0.3, -0.25) is 4.79 Å². The number of benzene rings is 2. The number of para-hydroxylation sites is 1. The number of rotatable bonds is 6. The molecule has 3 rings (SSSR count). The van der Waals surface area contributed by atoms with Gasteiger partial charge < -0.3 is 9.88 Å². The molecule has 0 spiro atoms. The van der Waals surface area contributed by atoms with Crippen molar-refractivity contribution in [2.24, 2.45) is 7.05 Å². The summed E-state index contributed by atoms with van der Waals surface area (Å²) in [4.78, 5) is 12.4. The van der Waals surface area contributed by atoms with Crippen molar-refractivity contribution in [3.8, 4) is 11.4 Å². The van der Waals surface area contributed by atoms with E-state index >= 15 is 0 Å². The van der Waals surface area contributed by atoms with Crippen molar-refractivity contribution in [2.45, 2.75) is 24.9 Å². The SMILES string of the molecule is CC(C)c1ccccc1NC(=O)CSc1nnc(-c2ccc(Br)cc2)n1C. The molecule has 2 aromatic carbocycles. The second-order valence-corrected chi connectivity index (χ2v) is 8.31. The van der Waals surface area contributed by atoms with Gasteiger partial charge in [0.15, 0.2) is 11.0 Å². The highest BCUT2D eigenvalue weighted by Crippen LogP contribution is 2.26. The summed E-state index contributed by atoms with van der Waals surface area (Å²) in [5.41, 5.74) is 2.98. The third kappa shape index (κ3) is 4.78. The van der Waals surface area contributed by atoms with E-state index in [2.05, 4.69) is 45.3 Å². The third-order valence-corrected chi connectivity index (χ3v) is 5.68. The average molecular weight is 445 g/mol. The molecule has 0 aliphatic heterocycles. The summed E-state index contributed by atoms with van der Waals surface area (Å²) in [5, 5.41) is 12.2. The van der Waals surface area contributed by atoms with E-state index in [9.17, 15) is 4.79 Å². The van der Waals surface area contributed by atoms with E-state index in [1.165, 1.54) is 11.8 Å². The molecule has 0 saturated heterocycles. The maximum absolute atomic E-state index is 12.4. The lowest BCUT2D eigenvalue weighted by Crippen LogP contribution is -2.16. The molecule has 0 atom stereocenters. The van der Waals surface area contributed by atoms with E-state index in [0.717, 1.165) is 27.1 Å². The lowest BCUT2D eigenvalue weighted by Gasteiger charge is -2.13. The normalized spacial score (nSPS) is 11.0. The molecule has 0 aliphatic carbocycles. The molecule has 7 heteroatoms. The zero-order valence-electron chi connectivity index (χ0n) is 15.4. The molecular formula is C20H21BrN4OS. The largest absolute Gasteiger partial charge is 0.325 e. The van der Waals surface area contributed by atoms with Gasteiger partial charge in [-0.25, -0.2) is 0 Å². The molecule has 1 heterocycles. The number of hydrogen-bond donors (Lipinski definition) is 1. The summed E-state index contributed by atoms with van der Waals surface area (Å²) in [6.45, 7) is 4.23. The Bertz CT molecular complexity index is 937. The van der Waals surface area contributed by atoms with Crippen molar-refractivity contribution in [1.82, 2.24) is 14.8 Å². The fraction of sp³-hybridized carbons (Fsp3) is 0.250. The maximum atomic E-state index is 12.4. The zero-order chi connectivity index (χ0) is 19.4. The fourth-order valence-electron chi connectivity index (χ4n) is 2.72. The highest BCUT2D eigenvalue weighted by atomic mass is 79.9. The molecule has 0 fully saturated rings. The molecule has 27 heavy (non-hydrogen) atoms. The topological polar surface area (TPSA) is 59.8 Å². The third-order valence-electron chi connectivity index (χ3n) is 4.13. The molecule has 1 N–H and O–H groups in total. The Balaban J connectivity index is 1.65. The Hall–Kier alpha value is -2.12. The van der Waals surface area contributed by atoms with Crippen LogP contribution in [0.3, 0.4) is 0 Å². The van der Waals surface area contributed by atoms with Crippen LogP contribution in [-0.4, -0.2) is 26.4 Å². The molecule has 5 nitrogen and oxygen atoms in total. The summed E-state index contributed by atoms with van der Waals surface area (Å²) in [6.07, 6.45) is 0. The minimum Gasteiger partial charge on any atom is -0.325 e. The van der Waals surface area contributed by atoms with Crippen LogP contribution in [0.4, 0.5) is 5.69 Å². The molecule has 0 bridgehead atoms. The van der Waals surface area contributed by atoms with E-state index in [0.29, 0.717) is 11.1 Å². The molecule has 0 aliphatic rings. The Morgan fingerprint density at radius 1 is 1.15 bits per heavy atom. The van der Waals surface area contributed by atoms with Crippen LogP contribution in [0.5, 0.6) is 0 Å². The minimum absolute atomic E-state index is 0.0544. The first kappa shape index (κ1) is 19.6. The van der Waals surface area contributed by atoms with Gasteiger partial charge in [-0.15, -0.1) is 10.2 Å². The first-order valence-electron chi connectivity index (χ1n) is 8.62. The van der Waals surface area contributed by atoms with Gasteiger partial charge in [0.25, 0.3) is 0 Å². The number of thioether (sulfide) groups is 1. The zero-order valence-corrected chi connectivity index (χ0v) is 17.8. The number of aromatic nitrogens is 3. The van der Waals surface area contributed by atoms with Gasteiger partial charge in [0.2, 0.25) is 5.91 Å². The predicted octanol–water partition coefficient (Wildman–Crippen LogP) is 5.10. The number of amides is 1. The van der Waals surface area contributed by atoms with E-state index in [4.69, 9.17) is 0 Å². The van der Waals surface area contributed by atoms with Gasteiger partial charge in [-0.1, -0.05) is 71.9 Å². The quantitative estimate of drug-likeness (QED) is 0.537. The minimum atomic E-state index is -0.0544. The molecule has 1 amide bonds. The molecule has 0 saturated carbocycles. The van der Waals surface area contributed by atoms with Crippen molar-refractivity contribution >= 4 is 39.3 Å². The summed E-state index contributed by atoms with van der Waals surface area (Å²) in [5.74, 6) is 1.34. The van der Waals surface area contributed by atoms with Gasteiger partial charge >= 0.3 is 0 Å². The highest BCUT2D eigenvalue weighted by Gasteiger charge is 2.14. The summed E-state index contributed by atoms with van der Waals surface area (Å²) >= 11 is 4.81. The van der Waals surface area contributed by atoms with Crippen LogP contribution in [-0.2, 0) is 11.8 Å². The number of hydrogen-bond acceptors (Lipinski definition) is 4. The number of nitrogens with zero attached hydrogens (tertiary/aromatic N) is 3. The standard InChI is InChI=1S/C20H21BrN4OS/c1-13(2)16-6-4-5-7-17(16)22-18(26)12-27-20-24-23-19(25(20)3)14-8-10-15(21)11-9-14/h4-11,13H,12H2,1-3H3,(H,22,26). The number of anilines is 1. The Labute approximate surface area is 171 Å². The maximum Gasteiger partial charge on any atom is 0.234 e.